The summed E-state index contributed by atoms with van der Waals surface area (Å²) in [5.41, 5.74) is 7.26. The number of nitrogens with two attached hydrogens (primary N) is 1. The molecule has 6 heteroatoms. The zero-order valence-electron chi connectivity index (χ0n) is 13.3. The zero-order valence-corrected chi connectivity index (χ0v) is 14.2. The molecular formula is C18H21ClF2N2O. The highest BCUT2D eigenvalue weighted by Gasteiger charge is 2.20. The summed E-state index contributed by atoms with van der Waals surface area (Å²) >= 11 is 0. The predicted octanol–water partition coefficient (Wildman–Crippen LogP) is 3.72. The lowest BCUT2D eigenvalue weighted by atomic mass is 9.98. The number of carbonyl (C=O) groups is 1. The maximum Gasteiger partial charge on any atom is 0.237 e. The van der Waals surface area contributed by atoms with E-state index in [1.54, 1.807) is 24.3 Å². The van der Waals surface area contributed by atoms with Crippen molar-refractivity contribution in [3.8, 4) is 0 Å². The van der Waals surface area contributed by atoms with Gasteiger partial charge in [-0.25, -0.2) is 8.78 Å². The first kappa shape index (κ1) is 20.1. The van der Waals surface area contributed by atoms with Crippen molar-refractivity contribution in [3.05, 3.63) is 71.3 Å². The van der Waals surface area contributed by atoms with Crippen LogP contribution in [0.25, 0.3) is 0 Å². The molecule has 0 spiro atoms. The molecule has 2 aromatic rings. The molecule has 3 N–H and O–H groups in total. The molecule has 2 rings (SSSR count). The van der Waals surface area contributed by atoms with Crippen LogP contribution in [0.4, 0.5) is 8.78 Å². The van der Waals surface area contributed by atoms with Crippen molar-refractivity contribution in [3.63, 3.8) is 0 Å². The Kier molecular flexibility index (Phi) is 7.82. The second-order valence-electron chi connectivity index (χ2n) is 5.44. The molecule has 1 amide bonds. The van der Waals surface area contributed by atoms with Gasteiger partial charge in [0, 0.05) is 0 Å². The van der Waals surface area contributed by atoms with Gasteiger partial charge in [-0.1, -0.05) is 37.6 Å². The maximum atomic E-state index is 13.1. The third-order valence-corrected chi connectivity index (χ3v) is 3.63. The minimum Gasteiger partial charge on any atom is -0.344 e. The number of rotatable bonds is 6. The summed E-state index contributed by atoms with van der Waals surface area (Å²) in [6.45, 7) is 1.95. The van der Waals surface area contributed by atoms with Gasteiger partial charge in [0.2, 0.25) is 5.91 Å². The van der Waals surface area contributed by atoms with E-state index in [0.29, 0.717) is 17.5 Å². The van der Waals surface area contributed by atoms with Crippen molar-refractivity contribution >= 4 is 18.3 Å². The van der Waals surface area contributed by atoms with E-state index in [2.05, 4.69) is 5.32 Å². The fourth-order valence-corrected chi connectivity index (χ4v) is 2.36. The molecule has 24 heavy (non-hydrogen) atoms. The summed E-state index contributed by atoms with van der Waals surface area (Å²) in [7, 11) is 0. The highest BCUT2D eigenvalue weighted by molar-refractivity contribution is 5.85. The normalized spacial score (nSPS) is 11.7. The van der Waals surface area contributed by atoms with Gasteiger partial charge < -0.3 is 11.1 Å². The summed E-state index contributed by atoms with van der Waals surface area (Å²) in [6, 6.07) is 10.5. The summed E-state index contributed by atoms with van der Waals surface area (Å²) in [5.74, 6) is -1.01. The van der Waals surface area contributed by atoms with Crippen LogP contribution in [0.2, 0.25) is 0 Å². The summed E-state index contributed by atoms with van der Waals surface area (Å²) in [5, 5.41) is 2.86. The Balaban J connectivity index is 0.00000288. The van der Waals surface area contributed by atoms with Crippen LogP contribution in [-0.2, 0) is 4.79 Å². The predicted molar refractivity (Wildman–Crippen MR) is 92.9 cm³/mol. The van der Waals surface area contributed by atoms with Crippen LogP contribution in [0.15, 0.2) is 48.5 Å². The number of hydrogen-bond acceptors (Lipinski definition) is 2. The van der Waals surface area contributed by atoms with E-state index < -0.39 is 12.1 Å². The van der Waals surface area contributed by atoms with Crippen LogP contribution in [0, 0.1) is 11.6 Å². The van der Waals surface area contributed by atoms with E-state index in [-0.39, 0.29) is 29.9 Å². The van der Waals surface area contributed by atoms with Gasteiger partial charge in [0.25, 0.3) is 0 Å². The van der Waals surface area contributed by atoms with Crippen LogP contribution in [0.1, 0.15) is 36.9 Å². The van der Waals surface area contributed by atoms with Crippen LogP contribution in [-0.4, -0.2) is 11.9 Å². The van der Waals surface area contributed by atoms with Crippen LogP contribution < -0.4 is 11.1 Å². The fraction of sp³-hybridized carbons (Fsp3) is 0.278. The summed E-state index contributed by atoms with van der Waals surface area (Å²) in [6.07, 6.45) is 1.37. The highest BCUT2D eigenvalue weighted by Crippen LogP contribution is 2.23. The van der Waals surface area contributed by atoms with E-state index in [0.717, 1.165) is 6.42 Å². The molecule has 0 saturated carbocycles. The van der Waals surface area contributed by atoms with E-state index in [9.17, 15) is 13.6 Å². The summed E-state index contributed by atoms with van der Waals surface area (Å²) in [4.78, 5) is 12.2. The molecule has 0 fully saturated rings. The van der Waals surface area contributed by atoms with Gasteiger partial charge in [0.1, 0.15) is 11.6 Å². The minimum absolute atomic E-state index is 0. The molecule has 1 unspecified atom stereocenters. The number of carbonyl (C=O) groups excluding carboxylic acids is 1. The molecule has 0 heterocycles. The minimum atomic E-state index is -0.608. The molecule has 130 valence electrons. The molecule has 2 aromatic carbocycles. The molecule has 1 atom stereocenters. The third kappa shape index (κ3) is 5.28. The van der Waals surface area contributed by atoms with Crippen molar-refractivity contribution < 1.29 is 13.6 Å². The molecule has 0 aliphatic carbocycles. The average molecular weight is 355 g/mol. The number of amides is 1. The standard InChI is InChI=1S/C18H20F2N2O.ClH/c1-2-3-16(21)18(23)22-17(12-4-8-14(19)9-5-12)13-6-10-15(20)11-7-13;/h4-11,16-17H,2-3,21H2,1H3,(H,22,23);1H. The number of benzene rings is 2. The second-order valence-corrected chi connectivity index (χ2v) is 5.44. The van der Waals surface area contributed by atoms with E-state index in [1.807, 2.05) is 6.92 Å². The van der Waals surface area contributed by atoms with Gasteiger partial charge in [-0.05, 0) is 41.8 Å². The first-order valence-corrected chi connectivity index (χ1v) is 7.58. The molecule has 3 nitrogen and oxygen atoms in total. The zero-order chi connectivity index (χ0) is 16.8. The molecule has 0 aliphatic heterocycles. The summed E-state index contributed by atoms with van der Waals surface area (Å²) < 4.78 is 26.3. The lowest BCUT2D eigenvalue weighted by molar-refractivity contribution is -0.123. The SMILES string of the molecule is CCCC(N)C(=O)NC(c1ccc(F)cc1)c1ccc(F)cc1.Cl. The Hall–Kier alpha value is -1.98. The Bertz CT molecular complexity index is 602. The lowest BCUT2D eigenvalue weighted by Gasteiger charge is -2.22. The monoisotopic (exact) mass is 354 g/mol. The first-order valence-electron chi connectivity index (χ1n) is 7.58. The molecule has 0 aromatic heterocycles. The quantitative estimate of drug-likeness (QED) is 0.830. The van der Waals surface area contributed by atoms with Gasteiger partial charge in [0.05, 0.1) is 12.1 Å². The molecule has 0 bridgehead atoms. The maximum absolute atomic E-state index is 13.1. The first-order chi connectivity index (χ1) is 11.0. The van der Waals surface area contributed by atoms with Gasteiger partial charge in [0.15, 0.2) is 0 Å². The number of hydrogen-bond donors (Lipinski definition) is 2. The van der Waals surface area contributed by atoms with Crippen molar-refractivity contribution in [2.75, 3.05) is 0 Å². The van der Waals surface area contributed by atoms with Gasteiger partial charge in [-0.15, -0.1) is 12.4 Å². The van der Waals surface area contributed by atoms with E-state index in [1.165, 1.54) is 24.3 Å². The molecule has 0 radical (unpaired) electrons. The van der Waals surface area contributed by atoms with Crippen LogP contribution in [0.3, 0.4) is 0 Å². The largest absolute Gasteiger partial charge is 0.344 e. The van der Waals surface area contributed by atoms with Gasteiger partial charge in [-0.2, -0.15) is 0 Å². The third-order valence-electron chi connectivity index (χ3n) is 3.63. The molecule has 0 aliphatic rings. The van der Waals surface area contributed by atoms with E-state index in [4.69, 9.17) is 5.73 Å². The Morgan fingerprint density at radius 3 is 1.79 bits per heavy atom. The lowest BCUT2D eigenvalue weighted by Crippen LogP contribution is -2.42. The number of nitrogens with one attached hydrogen (secondary N) is 1. The van der Waals surface area contributed by atoms with Crippen molar-refractivity contribution in [2.45, 2.75) is 31.8 Å². The Morgan fingerprint density at radius 1 is 1.00 bits per heavy atom. The highest BCUT2D eigenvalue weighted by atomic mass is 35.5. The van der Waals surface area contributed by atoms with Crippen molar-refractivity contribution in [1.29, 1.82) is 0 Å². The Labute approximate surface area is 146 Å². The van der Waals surface area contributed by atoms with Gasteiger partial charge in [-0.3, -0.25) is 4.79 Å². The van der Waals surface area contributed by atoms with E-state index >= 15 is 0 Å². The molecule has 0 saturated heterocycles. The smallest absolute Gasteiger partial charge is 0.237 e. The number of halogens is 3. The van der Waals surface area contributed by atoms with Crippen molar-refractivity contribution in [2.24, 2.45) is 5.73 Å². The van der Waals surface area contributed by atoms with Gasteiger partial charge >= 0.3 is 0 Å². The second kappa shape index (κ2) is 9.35. The topological polar surface area (TPSA) is 55.1 Å². The van der Waals surface area contributed by atoms with Crippen LogP contribution in [0.5, 0.6) is 0 Å². The van der Waals surface area contributed by atoms with Crippen molar-refractivity contribution in [1.82, 2.24) is 5.32 Å². The fourth-order valence-electron chi connectivity index (χ4n) is 2.36. The van der Waals surface area contributed by atoms with Crippen LogP contribution >= 0.6 is 12.4 Å². The average Bonchev–Trinajstić information content (AvgIpc) is 2.54. The Morgan fingerprint density at radius 2 is 1.42 bits per heavy atom. The molecular weight excluding hydrogens is 334 g/mol.